The number of hydrogen-bond acceptors (Lipinski definition) is 5. The predicted octanol–water partition coefficient (Wildman–Crippen LogP) is 2.35. The molecule has 0 fully saturated rings. The second-order valence-electron chi connectivity index (χ2n) is 3.77. The Balaban J connectivity index is 2.30. The maximum atomic E-state index is 5.90. The van der Waals surface area contributed by atoms with Crippen LogP contribution in [0.5, 0.6) is 0 Å². The van der Waals surface area contributed by atoms with E-state index in [1.807, 2.05) is 32.0 Å². The van der Waals surface area contributed by atoms with E-state index in [-0.39, 0.29) is 6.04 Å². The lowest BCUT2D eigenvalue weighted by Crippen LogP contribution is -2.07. The van der Waals surface area contributed by atoms with Crippen molar-refractivity contribution in [2.24, 2.45) is 5.73 Å². The van der Waals surface area contributed by atoms with Crippen molar-refractivity contribution in [1.29, 1.82) is 0 Å². The fourth-order valence-corrected chi connectivity index (χ4v) is 2.36. The zero-order chi connectivity index (χ0) is 12.3. The van der Waals surface area contributed by atoms with Crippen LogP contribution in [0.15, 0.2) is 40.8 Å². The fraction of sp³-hybridized carbons (Fsp3) is 0.250. The Kier molecular flexibility index (Phi) is 3.71. The van der Waals surface area contributed by atoms with Crippen LogP contribution < -0.4 is 5.73 Å². The summed E-state index contributed by atoms with van der Waals surface area (Å²) in [5.74, 6) is 0. The molecule has 17 heavy (non-hydrogen) atoms. The number of aromatic nitrogens is 3. The van der Waals surface area contributed by atoms with E-state index in [1.165, 1.54) is 11.8 Å². The Hall–Kier alpha value is -1.46. The summed E-state index contributed by atoms with van der Waals surface area (Å²) >= 11 is 1.44. The minimum absolute atomic E-state index is 0.0454. The third kappa shape index (κ3) is 3.01. The predicted molar refractivity (Wildman–Crippen MR) is 67.7 cm³/mol. The van der Waals surface area contributed by atoms with Gasteiger partial charge < -0.3 is 5.73 Å². The highest BCUT2D eigenvalue weighted by Gasteiger charge is 2.10. The van der Waals surface area contributed by atoms with Crippen LogP contribution in [0.2, 0.25) is 0 Å². The van der Waals surface area contributed by atoms with Gasteiger partial charge in [-0.3, -0.25) is 0 Å². The third-order valence-electron chi connectivity index (χ3n) is 2.25. The van der Waals surface area contributed by atoms with Crippen LogP contribution in [0, 0.1) is 6.92 Å². The second kappa shape index (κ2) is 5.25. The van der Waals surface area contributed by atoms with Gasteiger partial charge in [0.15, 0.2) is 5.16 Å². The van der Waals surface area contributed by atoms with E-state index >= 15 is 0 Å². The number of aryl methyl sites for hydroxylation is 1. The van der Waals surface area contributed by atoms with E-state index in [0.29, 0.717) is 5.16 Å². The summed E-state index contributed by atoms with van der Waals surface area (Å²) in [6.45, 7) is 3.88. The van der Waals surface area contributed by atoms with E-state index in [4.69, 9.17) is 5.73 Å². The number of nitrogens with zero attached hydrogens (tertiary/aromatic N) is 3. The monoisotopic (exact) mass is 246 g/mol. The summed E-state index contributed by atoms with van der Waals surface area (Å²) in [5, 5.41) is 1.57. The number of nitrogens with two attached hydrogens (primary N) is 1. The van der Waals surface area contributed by atoms with Crippen LogP contribution >= 0.6 is 11.8 Å². The van der Waals surface area contributed by atoms with Crippen molar-refractivity contribution in [2.45, 2.75) is 30.1 Å². The molecule has 0 aliphatic rings. The summed E-state index contributed by atoms with van der Waals surface area (Å²) in [4.78, 5) is 12.9. The zero-order valence-corrected chi connectivity index (χ0v) is 10.6. The van der Waals surface area contributed by atoms with Crippen LogP contribution in [0.25, 0.3) is 0 Å². The third-order valence-corrected chi connectivity index (χ3v) is 3.17. The molecule has 2 N–H and O–H groups in total. The molecule has 5 heteroatoms. The molecular formula is C12H14N4S. The number of hydrogen-bond donors (Lipinski definition) is 1. The maximum absolute atomic E-state index is 5.90. The molecule has 0 aliphatic carbocycles. The van der Waals surface area contributed by atoms with E-state index in [1.54, 1.807) is 12.4 Å². The summed E-state index contributed by atoms with van der Waals surface area (Å²) in [5.41, 5.74) is 7.87. The van der Waals surface area contributed by atoms with Gasteiger partial charge in [-0.05, 0) is 37.7 Å². The fourth-order valence-electron chi connectivity index (χ4n) is 1.40. The Bertz CT molecular complexity index is 513. The van der Waals surface area contributed by atoms with E-state index in [0.717, 1.165) is 16.3 Å². The first kappa shape index (κ1) is 12.0. The highest BCUT2D eigenvalue weighted by molar-refractivity contribution is 7.99. The topological polar surface area (TPSA) is 64.7 Å². The summed E-state index contributed by atoms with van der Waals surface area (Å²) in [7, 11) is 0. The number of rotatable bonds is 3. The molecule has 0 radical (unpaired) electrons. The van der Waals surface area contributed by atoms with Crippen molar-refractivity contribution in [1.82, 2.24) is 15.0 Å². The molecule has 0 aromatic carbocycles. The normalized spacial score (nSPS) is 12.4. The molecule has 0 aliphatic heterocycles. The van der Waals surface area contributed by atoms with Crippen molar-refractivity contribution in [3.63, 3.8) is 0 Å². The van der Waals surface area contributed by atoms with Gasteiger partial charge >= 0.3 is 0 Å². The quantitative estimate of drug-likeness (QED) is 0.842. The van der Waals surface area contributed by atoms with Gasteiger partial charge in [0.25, 0.3) is 0 Å². The minimum atomic E-state index is -0.0454. The molecular weight excluding hydrogens is 232 g/mol. The van der Waals surface area contributed by atoms with Gasteiger partial charge in [-0.2, -0.15) is 0 Å². The molecule has 2 heterocycles. The molecule has 0 saturated carbocycles. The van der Waals surface area contributed by atoms with Gasteiger partial charge in [-0.15, -0.1) is 0 Å². The Morgan fingerprint density at radius 1 is 1.24 bits per heavy atom. The smallest absolute Gasteiger partial charge is 0.194 e. The molecule has 0 bridgehead atoms. The second-order valence-corrected chi connectivity index (χ2v) is 4.73. The molecule has 2 aromatic heterocycles. The molecule has 4 nitrogen and oxygen atoms in total. The van der Waals surface area contributed by atoms with Gasteiger partial charge in [0.1, 0.15) is 5.03 Å². The Morgan fingerprint density at radius 2 is 2.06 bits per heavy atom. The minimum Gasteiger partial charge on any atom is -0.324 e. The van der Waals surface area contributed by atoms with E-state index < -0.39 is 0 Å². The van der Waals surface area contributed by atoms with Crippen molar-refractivity contribution >= 4 is 11.8 Å². The molecule has 2 aromatic rings. The molecule has 0 amide bonds. The van der Waals surface area contributed by atoms with Gasteiger partial charge in [0.05, 0.1) is 0 Å². The molecule has 88 valence electrons. The molecule has 2 rings (SSSR count). The van der Waals surface area contributed by atoms with Crippen LogP contribution in [0.1, 0.15) is 24.2 Å². The Morgan fingerprint density at radius 3 is 2.76 bits per heavy atom. The molecule has 1 atom stereocenters. The van der Waals surface area contributed by atoms with Crippen LogP contribution in [-0.2, 0) is 0 Å². The summed E-state index contributed by atoms with van der Waals surface area (Å²) in [6, 6.07) is 5.70. The van der Waals surface area contributed by atoms with E-state index in [2.05, 4.69) is 15.0 Å². The van der Waals surface area contributed by atoms with Crippen LogP contribution in [0.3, 0.4) is 0 Å². The van der Waals surface area contributed by atoms with Gasteiger partial charge in [0.2, 0.25) is 0 Å². The van der Waals surface area contributed by atoms with Crippen molar-refractivity contribution < 1.29 is 0 Å². The molecule has 1 unspecified atom stereocenters. The number of pyridine rings is 1. The van der Waals surface area contributed by atoms with Crippen molar-refractivity contribution in [3.8, 4) is 0 Å². The van der Waals surface area contributed by atoms with Crippen LogP contribution in [0.4, 0.5) is 0 Å². The van der Waals surface area contributed by atoms with Crippen molar-refractivity contribution in [2.75, 3.05) is 0 Å². The van der Waals surface area contributed by atoms with Gasteiger partial charge in [-0.25, -0.2) is 15.0 Å². The van der Waals surface area contributed by atoms with Gasteiger partial charge in [0, 0.05) is 29.7 Å². The zero-order valence-electron chi connectivity index (χ0n) is 9.79. The lowest BCUT2D eigenvalue weighted by Gasteiger charge is -2.09. The SMILES string of the molecule is Cc1ccnc(Sc2ncccc2C(C)N)n1. The van der Waals surface area contributed by atoms with E-state index in [9.17, 15) is 0 Å². The summed E-state index contributed by atoms with van der Waals surface area (Å²) in [6.07, 6.45) is 3.50. The van der Waals surface area contributed by atoms with Crippen LogP contribution in [-0.4, -0.2) is 15.0 Å². The van der Waals surface area contributed by atoms with Crippen molar-refractivity contribution in [3.05, 3.63) is 41.9 Å². The lowest BCUT2D eigenvalue weighted by atomic mass is 10.2. The lowest BCUT2D eigenvalue weighted by molar-refractivity contribution is 0.778. The molecule has 0 saturated heterocycles. The summed E-state index contributed by atoms with van der Waals surface area (Å²) < 4.78 is 0. The average Bonchev–Trinajstić information content (AvgIpc) is 2.29. The average molecular weight is 246 g/mol. The highest BCUT2D eigenvalue weighted by Crippen LogP contribution is 2.28. The standard InChI is InChI=1S/C12H14N4S/c1-8-5-7-15-12(16-8)17-11-10(9(2)13)4-3-6-14-11/h3-7,9H,13H2,1-2H3. The molecule has 0 spiro atoms. The largest absolute Gasteiger partial charge is 0.324 e. The first-order valence-electron chi connectivity index (χ1n) is 5.35. The highest BCUT2D eigenvalue weighted by atomic mass is 32.2. The first-order valence-corrected chi connectivity index (χ1v) is 6.16. The Labute approximate surface area is 105 Å². The maximum Gasteiger partial charge on any atom is 0.194 e. The first-order chi connectivity index (χ1) is 8.16. The van der Waals surface area contributed by atoms with Gasteiger partial charge in [-0.1, -0.05) is 6.07 Å².